The molecule has 0 aliphatic heterocycles. The van der Waals surface area contributed by atoms with Gasteiger partial charge in [0, 0.05) is 5.56 Å². The summed E-state index contributed by atoms with van der Waals surface area (Å²) in [6.07, 6.45) is -12.5. The number of rotatable bonds is 3. The quantitative estimate of drug-likeness (QED) is 0.627. The maximum absolute atomic E-state index is 13.2. The highest BCUT2D eigenvalue weighted by Gasteiger charge is 2.76. The van der Waals surface area contributed by atoms with Crippen LogP contribution in [0.15, 0.2) is 24.3 Å². The molecule has 0 spiro atoms. The van der Waals surface area contributed by atoms with Crippen molar-refractivity contribution in [3.63, 3.8) is 0 Å². The molecule has 0 fully saturated rings. The Morgan fingerprint density at radius 3 is 1.89 bits per heavy atom. The number of ether oxygens (including phenoxy) is 1. The molecule has 0 saturated carbocycles. The minimum atomic E-state index is -6.32. The lowest BCUT2D eigenvalue weighted by Gasteiger charge is -2.29. The summed E-state index contributed by atoms with van der Waals surface area (Å²) in [6, 6.07) is 3.27. The molecule has 1 aromatic carbocycles. The van der Waals surface area contributed by atoms with Gasteiger partial charge in [0.2, 0.25) is 0 Å². The van der Waals surface area contributed by atoms with Crippen molar-refractivity contribution in [3.8, 4) is 5.75 Å². The van der Waals surface area contributed by atoms with Crippen molar-refractivity contribution in [2.75, 3.05) is 0 Å². The molecule has 1 rings (SSSR count). The smallest absolute Gasteiger partial charge is 0.444 e. The van der Waals surface area contributed by atoms with Gasteiger partial charge in [0.25, 0.3) is 0 Å². The highest BCUT2D eigenvalue weighted by Crippen LogP contribution is 2.47. The van der Waals surface area contributed by atoms with Crippen LogP contribution in [-0.4, -0.2) is 24.5 Å². The predicted octanol–water partition coefficient (Wildman–Crippen LogP) is 3.67. The zero-order valence-electron chi connectivity index (χ0n) is 8.85. The first-order chi connectivity index (χ1) is 8.51. The van der Waals surface area contributed by atoms with Crippen molar-refractivity contribution in [1.82, 2.24) is 0 Å². The van der Waals surface area contributed by atoms with Crippen LogP contribution in [0, 0.1) is 0 Å². The molecule has 1 aromatic rings. The average Bonchev–Trinajstić information content (AvgIpc) is 2.26. The van der Waals surface area contributed by atoms with E-state index in [1.807, 2.05) is 0 Å². The van der Waals surface area contributed by atoms with Crippen molar-refractivity contribution < 1.29 is 40.3 Å². The Bertz CT molecular complexity index is 450. The molecular formula is C10H5F7O2. The van der Waals surface area contributed by atoms with E-state index in [0.717, 1.165) is 12.1 Å². The predicted molar refractivity (Wildman–Crippen MR) is 48.4 cm³/mol. The SMILES string of the molecule is O=Cc1cccc(OC(F)(C(F)(F)F)C(F)(F)F)c1. The minimum Gasteiger partial charge on any atom is -0.444 e. The maximum atomic E-state index is 13.2. The summed E-state index contributed by atoms with van der Waals surface area (Å²) in [7, 11) is 0. The summed E-state index contributed by atoms with van der Waals surface area (Å²) in [5.74, 6) is -6.91. The zero-order valence-corrected chi connectivity index (χ0v) is 8.85. The van der Waals surface area contributed by atoms with Gasteiger partial charge in [-0.3, -0.25) is 4.79 Å². The summed E-state index contributed by atoms with van der Waals surface area (Å²) >= 11 is 0. The van der Waals surface area contributed by atoms with E-state index in [9.17, 15) is 35.5 Å². The van der Waals surface area contributed by atoms with E-state index in [0.29, 0.717) is 12.1 Å². The van der Waals surface area contributed by atoms with Crippen LogP contribution in [0.2, 0.25) is 0 Å². The normalized spacial score (nSPS) is 13.2. The molecule has 2 nitrogen and oxygen atoms in total. The Hall–Kier alpha value is -1.80. The lowest BCUT2D eigenvalue weighted by Crippen LogP contribution is -2.57. The number of carbonyl (C=O) groups excluding carboxylic acids is 1. The average molecular weight is 290 g/mol. The zero-order chi connectivity index (χ0) is 14.9. The summed E-state index contributed by atoms with van der Waals surface area (Å²) in [5, 5.41) is 0. The van der Waals surface area contributed by atoms with E-state index in [1.54, 1.807) is 0 Å². The summed E-state index contributed by atoms with van der Waals surface area (Å²) in [6.45, 7) is 0. The molecule has 0 unspecified atom stereocenters. The largest absolute Gasteiger partial charge is 0.470 e. The Morgan fingerprint density at radius 2 is 1.47 bits per heavy atom. The van der Waals surface area contributed by atoms with Gasteiger partial charge >= 0.3 is 18.2 Å². The van der Waals surface area contributed by atoms with Crippen molar-refractivity contribution in [3.05, 3.63) is 29.8 Å². The Labute approximate surface area is 101 Å². The highest BCUT2D eigenvalue weighted by molar-refractivity contribution is 5.75. The second-order valence-corrected chi connectivity index (χ2v) is 3.38. The fraction of sp³-hybridized carbons (Fsp3) is 0.300. The van der Waals surface area contributed by atoms with Gasteiger partial charge in [0.05, 0.1) is 0 Å². The number of hydrogen-bond donors (Lipinski definition) is 0. The van der Waals surface area contributed by atoms with Crippen molar-refractivity contribution in [2.45, 2.75) is 18.2 Å². The molecule has 0 heterocycles. The third kappa shape index (κ3) is 2.96. The number of halogens is 7. The van der Waals surface area contributed by atoms with Gasteiger partial charge in [-0.15, -0.1) is 0 Å². The molecule has 0 bridgehead atoms. The molecule has 0 aromatic heterocycles. The lowest BCUT2D eigenvalue weighted by atomic mass is 10.2. The van der Waals surface area contributed by atoms with Crippen LogP contribution in [0.3, 0.4) is 0 Å². The standard InChI is InChI=1S/C10H5F7O2/c11-8(9(12,13)14,10(15,16)17)19-7-3-1-2-6(4-7)5-18/h1-5H. The Balaban J connectivity index is 3.19. The molecule has 19 heavy (non-hydrogen) atoms. The summed E-state index contributed by atoms with van der Waals surface area (Å²) < 4.78 is 89.6. The second kappa shape index (κ2) is 4.71. The fourth-order valence-corrected chi connectivity index (χ4v) is 1.09. The number of benzene rings is 1. The molecule has 9 heteroatoms. The molecule has 106 valence electrons. The molecule has 0 saturated heterocycles. The van der Waals surface area contributed by atoms with Gasteiger partial charge in [-0.2, -0.15) is 30.7 Å². The second-order valence-electron chi connectivity index (χ2n) is 3.38. The van der Waals surface area contributed by atoms with Crippen LogP contribution < -0.4 is 4.74 Å². The van der Waals surface area contributed by atoms with Crippen LogP contribution >= 0.6 is 0 Å². The Kier molecular flexibility index (Phi) is 3.78. The van der Waals surface area contributed by atoms with Crippen molar-refractivity contribution >= 4 is 6.29 Å². The van der Waals surface area contributed by atoms with E-state index in [4.69, 9.17) is 0 Å². The lowest BCUT2D eigenvalue weighted by molar-refractivity contribution is -0.405. The van der Waals surface area contributed by atoms with Gasteiger partial charge in [0.15, 0.2) is 0 Å². The first kappa shape index (κ1) is 15.3. The third-order valence-corrected chi connectivity index (χ3v) is 1.98. The van der Waals surface area contributed by atoms with E-state index in [1.165, 1.54) is 0 Å². The van der Waals surface area contributed by atoms with Crippen LogP contribution in [0.5, 0.6) is 5.75 Å². The fourth-order valence-electron chi connectivity index (χ4n) is 1.09. The van der Waals surface area contributed by atoms with Crippen LogP contribution in [0.4, 0.5) is 30.7 Å². The van der Waals surface area contributed by atoms with Gasteiger partial charge in [-0.05, 0) is 12.1 Å². The van der Waals surface area contributed by atoms with E-state index >= 15 is 0 Å². The van der Waals surface area contributed by atoms with Crippen molar-refractivity contribution in [2.24, 2.45) is 0 Å². The van der Waals surface area contributed by atoms with Crippen LogP contribution in [0.25, 0.3) is 0 Å². The first-order valence-electron chi connectivity index (χ1n) is 4.58. The molecule has 0 radical (unpaired) electrons. The van der Waals surface area contributed by atoms with Gasteiger partial charge in [-0.1, -0.05) is 12.1 Å². The highest BCUT2D eigenvalue weighted by atomic mass is 19.4. The third-order valence-electron chi connectivity index (χ3n) is 1.98. The van der Waals surface area contributed by atoms with Gasteiger partial charge in [-0.25, -0.2) is 0 Å². The molecule has 0 aliphatic rings. The van der Waals surface area contributed by atoms with E-state index in [-0.39, 0.29) is 11.8 Å². The molecule has 0 amide bonds. The number of alkyl halides is 7. The van der Waals surface area contributed by atoms with E-state index in [2.05, 4.69) is 4.74 Å². The van der Waals surface area contributed by atoms with Gasteiger partial charge < -0.3 is 4.74 Å². The number of hydrogen-bond acceptors (Lipinski definition) is 2. The maximum Gasteiger partial charge on any atom is 0.470 e. The van der Waals surface area contributed by atoms with Gasteiger partial charge in [0.1, 0.15) is 12.0 Å². The monoisotopic (exact) mass is 290 g/mol. The summed E-state index contributed by atoms with van der Waals surface area (Å²) in [5.41, 5.74) is -0.260. The van der Waals surface area contributed by atoms with Crippen molar-refractivity contribution in [1.29, 1.82) is 0 Å². The topological polar surface area (TPSA) is 26.3 Å². The molecule has 0 atom stereocenters. The van der Waals surface area contributed by atoms with Crippen LogP contribution in [0.1, 0.15) is 10.4 Å². The number of carbonyl (C=O) groups is 1. The van der Waals surface area contributed by atoms with E-state index < -0.39 is 24.0 Å². The Morgan fingerprint density at radius 1 is 0.947 bits per heavy atom. The number of aldehydes is 1. The molecule has 0 aliphatic carbocycles. The first-order valence-corrected chi connectivity index (χ1v) is 4.58. The molecule has 0 N–H and O–H groups in total. The molecular weight excluding hydrogens is 285 g/mol. The van der Waals surface area contributed by atoms with Crippen LogP contribution in [-0.2, 0) is 0 Å². The summed E-state index contributed by atoms with van der Waals surface area (Å²) in [4.78, 5) is 10.3. The minimum absolute atomic E-state index is 0.161.